The molecule has 6 nitrogen and oxygen atoms in total. The molecular formula is C23H37N5O. The third kappa shape index (κ3) is 4.80. The van der Waals surface area contributed by atoms with Gasteiger partial charge in [0.1, 0.15) is 17.1 Å². The summed E-state index contributed by atoms with van der Waals surface area (Å²) in [6.45, 7) is 13.4. The first-order chi connectivity index (χ1) is 13.8. The third-order valence-corrected chi connectivity index (χ3v) is 5.18. The first kappa shape index (κ1) is 22.9. The number of fused-ring (bicyclic) bond motifs is 1. The van der Waals surface area contributed by atoms with E-state index in [-0.39, 0.29) is 5.92 Å². The molecule has 0 bridgehead atoms. The predicted octanol–water partition coefficient (Wildman–Crippen LogP) is 5.02. The van der Waals surface area contributed by atoms with Crippen LogP contribution in [0.2, 0.25) is 0 Å². The monoisotopic (exact) mass is 399 g/mol. The highest BCUT2D eigenvalue weighted by Crippen LogP contribution is 2.31. The average Bonchev–Trinajstić information content (AvgIpc) is 3.02. The number of methoxy groups -OCH3 is 1. The fourth-order valence-corrected chi connectivity index (χ4v) is 3.40. The molecule has 2 unspecified atom stereocenters. The summed E-state index contributed by atoms with van der Waals surface area (Å²) in [7, 11) is 5.69. The molecule has 29 heavy (non-hydrogen) atoms. The lowest BCUT2D eigenvalue weighted by molar-refractivity contribution is 0.262. The van der Waals surface area contributed by atoms with Crippen molar-refractivity contribution in [2.75, 3.05) is 27.7 Å². The minimum absolute atomic E-state index is 0.00643. The van der Waals surface area contributed by atoms with Crippen LogP contribution < -0.4 is 0 Å². The van der Waals surface area contributed by atoms with Crippen molar-refractivity contribution in [3.05, 3.63) is 35.0 Å². The third-order valence-electron chi connectivity index (χ3n) is 5.18. The predicted molar refractivity (Wildman–Crippen MR) is 122 cm³/mol. The number of dihydropyridines is 1. The Morgan fingerprint density at radius 3 is 2.41 bits per heavy atom. The molecule has 0 radical (unpaired) electrons. The summed E-state index contributed by atoms with van der Waals surface area (Å²) < 4.78 is 7.92. The van der Waals surface area contributed by atoms with E-state index in [1.54, 1.807) is 7.11 Å². The number of aliphatic imine (C=N–C) groups is 1. The van der Waals surface area contributed by atoms with Crippen molar-refractivity contribution in [3.8, 4) is 0 Å². The lowest BCUT2D eigenvalue weighted by Crippen LogP contribution is -2.27. The SMILES string of the molecule is CCC.CCC(C)n1cc(C)c2nc(C3CN=C(N(C)C)C=C3OC)c(C)nc21. The van der Waals surface area contributed by atoms with E-state index in [0.717, 1.165) is 46.1 Å². The van der Waals surface area contributed by atoms with Gasteiger partial charge in [-0.15, -0.1) is 0 Å². The van der Waals surface area contributed by atoms with Gasteiger partial charge in [-0.3, -0.25) is 4.99 Å². The molecule has 1 aliphatic heterocycles. The van der Waals surface area contributed by atoms with Gasteiger partial charge in [0.05, 0.1) is 31.0 Å². The molecule has 2 aromatic rings. The second-order valence-corrected chi connectivity index (χ2v) is 7.95. The van der Waals surface area contributed by atoms with Gasteiger partial charge in [-0.25, -0.2) is 9.97 Å². The maximum Gasteiger partial charge on any atom is 0.159 e. The largest absolute Gasteiger partial charge is 0.500 e. The van der Waals surface area contributed by atoms with Crippen LogP contribution in [0.1, 0.15) is 69.4 Å². The van der Waals surface area contributed by atoms with Crippen molar-refractivity contribution in [2.45, 2.75) is 66.3 Å². The molecule has 3 heterocycles. The van der Waals surface area contributed by atoms with Crippen molar-refractivity contribution < 1.29 is 4.74 Å². The zero-order chi connectivity index (χ0) is 21.7. The molecule has 6 heteroatoms. The minimum Gasteiger partial charge on any atom is -0.500 e. The molecule has 1 aliphatic rings. The molecule has 2 aromatic heterocycles. The van der Waals surface area contributed by atoms with Crippen LogP contribution in [0.4, 0.5) is 0 Å². The van der Waals surface area contributed by atoms with Crippen molar-refractivity contribution >= 4 is 17.0 Å². The molecule has 0 aliphatic carbocycles. The molecule has 0 saturated heterocycles. The molecule has 0 amide bonds. The Morgan fingerprint density at radius 1 is 1.21 bits per heavy atom. The van der Waals surface area contributed by atoms with Gasteiger partial charge in [0, 0.05) is 32.4 Å². The molecule has 0 aromatic carbocycles. The molecule has 0 N–H and O–H groups in total. The van der Waals surface area contributed by atoms with Gasteiger partial charge < -0.3 is 14.2 Å². The Kier molecular flexibility index (Phi) is 7.82. The molecule has 0 fully saturated rings. The van der Waals surface area contributed by atoms with Crippen molar-refractivity contribution in [1.29, 1.82) is 0 Å². The quantitative estimate of drug-likeness (QED) is 0.724. The lowest BCUT2D eigenvalue weighted by Gasteiger charge is -2.25. The van der Waals surface area contributed by atoms with E-state index in [4.69, 9.17) is 14.7 Å². The number of aryl methyl sites for hydroxylation is 2. The second kappa shape index (κ2) is 9.90. The smallest absolute Gasteiger partial charge is 0.159 e. The van der Waals surface area contributed by atoms with Gasteiger partial charge in [0.15, 0.2) is 5.65 Å². The summed E-state index contributed by atoms with van der Waals surface area (Å²) in [4.78, 5) is 16.6. The Labute approximate surface area is 175 Å². The summed E-state index contributed by atoms with van der Waals surface area (Å²) in [5.41, 5.74) is 5.00. The van der Waals surface area contributed by atoms with Crippen LogP contribution in [0, 0.1) is 13.8 Å². The van der Waals surface area contributed by atoms with Gasteiger partial charge in [-0.1, -0.05) is 27.2 Å². The molecule has 160 valence electrons. The van der Waals surface area contributed by atoms with Crippen LogP contribution >= 0.6 is 0 Å². The highest BCUT2D eigenvalue weighted by atomic mass is 16.5. The lowest BCUT2D eigenvalue weighted by atomic mass is 9.98. The number of likely N-dealkylation sites (N-methyl/N-ethyl adjacent to an activating group) is 1. The number of ether oxygens (including phenoxy) is 1. The van der Waals surface area contributed by atoms with E-state index in [0.29, 0.717) is 12.6 Å². The van der Waals surface area contributed by atoms with Crippen LogP contribution in [-0.2, 0) is 4.74 Å². The molecule has 2 atom stereocenters. The Hall–Kier alpha value is -2.37. The fraction of sp³-hybridized carbons (Fsp3) is 0.609. The standard InChI is InChI=1S/C20H29N5O.C3H8/c1-8-13(3)25-11-12(2)18-20(25)22-14(4)19(23-18)15-10-21-17(24(5)6)9-16(15)26-7;1-3-2/h9,11,13,15H,8,10H2,1-7H3;3H2,1-2H3. The van der Waals surface area contributed by atoms with Crippen molar-refractivity contribution in [3.63, 3.8) is 0 Å². The second-order valence-electron chi connectivity index (χ2n) is 7.95. The first-order valence-electron chi connectivity index (χ1n) is 10.6. The van der Waals surface area contributed by atoms with Crippen LogP contribution in [0.3, 0.4) is 0 Å². The van der Waals surface area contributed by atoms with Crippen LogP contribution in [0.5, 0.6) is 0 Å². The van der Waals surface area contributed by atoms with E-state index in [2.05, 4.69) is 50.4 Å². The number of amidine groups is 1. The molecule has 0 saturated carbocycles. The number of aromatic nitrogens is 3. The average molecular weight is 400 g/mol. The highest BCUT2D eigenvalue weighted by molar-refractivity contribution is 5.94. The summed E-state index contributed by atoms with van der Waals surface area (Å²) in [5.74, 6) is 1.82. The van der Waals surface area contributed by atoms with Gasteiger partial charge in [-0.05, 0) is 32.8 Å². The van der Waals surface area contributed by atoms with Crippen molar-refractivity contribution in [2.24, 2.45) is 4.99 Å². The Balaban J connectivity index is 0.000000941. The van der Waals surface area contributed by atoms with E-state index >= 15 is 0 Å². The minimum atomic E-state index is 0.00643. The van der Waals surface area contributed by atoms with Gasteiger partial charge >= 0.3 is 0 Å². The van der Waals surface area contributed by atoms with Gasteiger partial charge in [0.25, 0.3) is 0 Å². The topological polar surface area (TPSA) is 55.5 Å². The van der Waals surface area contributed by atoms with Crippen LogP contribution in [0.25, 0.3) is 11.2 Å². The zero-order valence-electron chi connectivity index (χ0n) is 19.6. The zero-order valence-corrected chi connectivity index (χ0v) is 19.6. The van der Waals surface area contributed by atoms with E-state index < -0.39 is 0 Å². The Bertz CT molecular complexity index is 894. The first-order valence-corrected chi connectivity index (χ1v) is 10.6. The van der Waals surface area contributed by atoms with Crippen molar-refractivity contribution in [1.82, 2.24) is 19.4 Å². The number of nitrogens with zero attached hydrogens (tertiary/aromatic N) is 5. The summed E-state index contributed by atoms with van der Waals surface area (Å²) in [6, 6.07) is 0.405. The van der Waals surface area contributed by atoms with Gasteiger partial charge in [-0.2, -0.15) is 0 Å². The van der Waals surface area contributed by atoms with E-state index in [9.17, 15) is 0 Å². The highest BCUT2D eigenvalue weighted by Gasteiger charge is 2.27. The summed E-state index contributed by atoms with van der Waals surface area (Å²) >= 11 is 0. The van der Waals surface area contributed by atoms with E-state index in [1.165, 1.54) is 6.42 Å². The maximum atomic E-state index is 5.68. The number of rotatable bonds is 4. The molecular weight excluding hydrogens is 362 g/mol. The van der Waals surface area contributed by atoms with Crippen LogP contribution in [-0.4, -0.2) is 53.0 Å². The van der Waals surface area contributed by atoms with Gasteiger partial charge in [0.2, 0.25) is 0 Å². The summed E-state index contributed by atoms with van der Waals surface area (Å²) in [5, 5.41) is 0. The Morgan fingerprint density at radius 2 is 1.86 bits per heavy atom. The van der Waals surface area contributed by atoms with Crippen LogP contribution in [0.15, 0.2) is 23.0 Å². The molecule has 0 spiro atoms. The number of hydrogen-bond donors (Lipinski definition) is 0. The maximum absolute atomic E-state index is 5.68. The normalized spacial score (nSPS) is 17.2. The fourth-order valence-electron chi connectivity index (χ4n) is 3.40. The van der Waals surface area contributed by atoms with E-state index in [1.807, 2.05) is 32.0 Å². The molecule has 3 rings (SSSR count). The number of hydrogen-bond acceptors (Lipinski definition) is 5. The summed E-state index contributed by atoms with van der Waals surface area (Å²) in [6.07, 6.45) is 6.47.